The van der Waals surface area contributed by atoms with Gasteiger partial charge in [0.2, 0.25) is 11.8 Å². The van der Waals surface area contributed by atoms with Crippen molar-refractivity contribution in [3.63, 3.8) is 0 Å². The molecule has 3 aromatic carbocycles. The lowest BCUT2D eigenvalue weighted by Gasteiger charge is -2.32. The van der Waals surface area contributed by atoms with Crippen molar-refractivity contribution in [3.8, 4) is 11.5 Å². The smallest absolute Gasteiger partial charge is 0.264 e. The van der Waals surface area contributed by atoms with E-state index >= 15 is 0 Å². The molecule has 12 heteroatoms. The van der Waals surface area contributed by atoms with Gasteiger partial charge in [0.05, 0.1) is 24.8 Å². The molecule has 0 aliphatic carbocycles. The second-order valence-corrected chi connectivity index (χ2v) is 12.3. The molecule has 220 valence electrons. The van der Waals surface area contributed by atoms with Gasteiger partial charge in [-0.3, -0.25) is 13.9 Å². The third-order valence-corrected chi connectivity index (χ3v) is 8.81. The maximum Gasteiger partial charge on any atom is 0.264 e. The molecule has 0 heterocycles. The Balaban J connectivity index is 2.06. The Labute approximate surface area is 254 Å². The highest BCUT2D eigenvalue weighted by atomic mass is 79.9. The first-order valence-corrected chi connectivity index (χ1v) is 15.4. The van der Waals surface area contributed by atoms with E-state index in [1.807, 2.05) is 31.2 Å². The summed E-state index contributed by atoms with van der Waals surface area (Å²) < 4.78 is 40.4. The fourth-order valence-corrected chi connectivity index (χ4v) is 6.05. The molecule has 0 saturated heterocycles. The van der Waals surface area contributed by atoms with Gasteiger partial charge >= 0.3 is 0 Å². The lowest BCUT2D eigenvalue weighted by molar-refractivity contribution is -0.139. The van der Waals surface area contributed by atoms with Gasteiger partial charge in [0.15, 0.2) is 11.5 Å². The molecule has 0 unspecified atom stereocenters. The zero-order valence-corrected chi connectivity index (χ0v) is 26.4. The van der Waals surface area contributed by atoms with E-state index < -0.39 is 28.5 Å². The van der Waals surface area contributed by atoms with Crippen LogP contribution in [0.1, 0.15) is 25.8 Å². The zero-order chi connectivity index (χ0) is 30.2. The summed E-state index contributed by atoms with van der Waals surface area (Å²) in [5.41, 5.74) is 0.992. The Kier molecular flexibility index (Phi) is 11.5. The molecule has 0 aliphatic heterocycles. The number of carbonyl (C=O) groups is 2. The molecule has 1 atom stereocenters. The van der Waals surface area contributed by atoms with Crippen LogP contribution in [-0.4, -0.2) is 58.5 Å². The number of benzene rings is 3. The first kappa shape index (κ1) is 32.2. The van der Waals surface area contributed by atoms with Crippen molar-refractivity contribution in [2.45, 2.75) is 37.8 Å². The van der Waals surface area contributed by atoms with E-state index in [1.165, 1.54) is 49.5 Å². The van der Waals surface area contributed by atoms with Gasteiger partial charge in [0.25, 0.3) is 10.0 Å². The van der Waals surface area contributed by atoms with Gasteiger partial charge in [0.1, 0.15) is 12.6 Å². The summed E-state index contributed by atoms with van der Waals surface area (Å²) in [4.78, 5) is 28.2. The molecule has 1 N–H and O–H groups in total. The van der Waals surface area contributed by atoms with Gasteiger partial charge in [-0.2, -0.15) is 0 Å². The van der Waals surface area contributed by atoms with Crippen LogP contribution in [0, 0.1) is 0 Å². The predicted molar refractivity (Wildman–Crippen MR) is 163 cm³/mol. The highest BCUT2D eigenvalue weighted by Crippen LogP contribution is 2.32. The maximum absolute atomic E-state index is 14.0. The van der Waals surface area contributed by atoms with Crippen LogP contribution < -0.4 is 19.1 Å². The number of carbonyl (C=O) groups excluding carboxylic acids is 2. The Morgan fingerprint density at radius 1 is 1.00 bits per heavy atom. The van der Waals surface area contributed by atoms with E-state index in [-0.39, 0.29) is 28.8 Å². The number of rotatable bonds is 13. The second-order valence-electron chi connectivity index (χ2n) is 9.12. The van der Waals surface area contributed by atoms with Crippen molar-refractivity contribution < 1.29 is 27.5 Å². The van der Waals surface area contributed by atoms with Crippen LogP contribution in [0.25, 0.3) is 0 Å². The summed E-state index contributed by atoms with van der Waals surface area (Å²) >= 11 is 9.52. The molecule has 0 bridgehead atoms. The van der Waals surface area contributed by atoms with Crippen molar-refractivity contribution in [1.29, 1.82) is 0 Å². The van der Waals surface area contributed by atoms with E-state index in [0.29, 0.717) is 17.3 Å². The number of ether oxygens (including phenoxy) is 2. The predicted octanol–water partition coefficient (Wildman–Crippen LogP) is 5.26. The standard InChI is InChI=1S/C29H33BrClN3O6S/c1-5-15-32-29(36)20(2)33(18-21-7-6-8-22(30)16-21)28(35)19-34(24-11-9-23(31)10-12-24)41(37,38)25-13-14-26(39-3)27(17-25)40-4/h6-14,16-17,20H,5,15,18-19H2,1-4H3,(H,32,36)/t20-/m0/s1. The lowest BCUT2D eigenvalue weighted by Crippen LogP contribution is -2.51. The summed E-state index contributed by atoms with van der Waals surface area (Å²) in [6, 6.07) is 16.8. The number of halogens is 2. The number of amides is 2. The molecule has 3 aromatic rings. The number of nitrogens with one attached hydrogen (secondary N) is 1. The van der Waals surface area contributed by atoms with Crippen LogP contribution >= 0.6 is 27.5 Å². The zero-order valence-electron chi connectivity index (χ0n) is 23.3. The van der Waals surface area contributed by atoms with Crippen LogP contribution in [0.3, 0.4) is 0 Å². The molecule has 41 heavy (non-hydrogen) atoms. The highest BCUT2D eigenvalue weighted by molar-refractivity contribution is 9.10. The molecular formula is C29H33BrClN3O6S. The summed E-state index contributed by atoms with van der Waals surface area (Å²) in [5.74, 6) is -0.333. The molecule has 0 aromatic heterocycles. The fourth-order valence-electron chi connectivity index (χ4n) is 4.05. The van der Waals surface area contributed by atoms with E-state index in [4.69, 9.17) is 21.1 Å². The summed E-state index contributed by atoms with van der Waals surface area (Å²) in [7, 11) is -1.44. The number of nitrogens with zero attached hydrogens (tertiary/aromatic N) is 2. The van der Waals surface area contributed by atoms with Crippen molar-refractivity contribution >= 4 is 55.1 Å². The number of sulfonamides is 1. The molecule has 9 nitrogen and oxygen atoms in total. The summed E-state index contributed by atoms with van der Waals surface area (Å²) in [5, 5.41) is 3.22. The van der Waals surface area contributed by atoms with Crippen LogP contribution in [0.2, 0.25) is 5.02 Å². The van der Waals surface area contributed by atoms with Crippen LogP contribution in [-0.2, 0) is 26.2 Å². The lowest BCUT2D eigenvalue weighted by atomic mass is 10.1. The maximum atomic E-state index is 14.0. The van der Waals surface area contributed by atoms with Crippen molar-refractivity contribution in [2.75, 3.05) is 31.6 Å². The third-order valence-electron chi connectivity index (χ3n) is 6.29. The van der Waals surface area contributed by atoms with Crippen LogP contribution in [0.4, 0.5) is 5.69 Å². The van der Waals surface area contributed by atoms with Gasteiger partial charge in [-0.25, -0.2) is 8.42 Å². The van der Waals surface area contributed by atoms with E-state index in [0.717, 1.165) is 20.8 Å². The van der Waals surface area contributed by atoms with Crippen molar-refractivity contribution in [3.05, 3.63) is 81.8 Å². The average molecular weight is 667 g/mol. The van der Waals surface area contributed by atoms with Gasteiger partial charge < -0.3 is 19.7 Å². The average Bonchev–Trinajstić information content (AvgIpc) is 2.97. The number of anilines is 1. The molecule has 0 spiro atoms. The monoisotopic (exact) mass is 665 g/mol. The Morgan fingerprint density at radius 3 is 2.29 bits per heavy atom. The van der Waals surface area contributed by atoms with Gasteiger partial charge in [-0.1, -0.05) is 46.6 Å². The number of hydrogen-bond donors (Lipinski definition) is 1. The van der Waals surface area contributed by atoms with E-state index in [1.54, 1.807) is 19.1 Å². The first-order chi connectivity index (χ1) is 19.5. The normalized spacial score (nSPS) is 11.9. The van der Waals surface area contributed by atoms with Crippen LogP contribution in [0.15, 0.2) is 76.1 Å². The SMILES string of the molecule is CCCNC(=O)[C@H](C)N(Cc1cccc(Br)c1)C(=O)CN(c1ccc(Cl)cc1)S(=O)(=O)c1ccc(OC)c(OC)c1. The third kappa shape index (κ3) is 8.15. The Bertz CT molecular complexity index is 1470. The van der Waals surface area contributed by atoms with Crippen LogP contribution in [0.5, 0.6) is 11.5 Å². The molecule has 2 amide bonds. The largest absolute Gasteiger partial charge is 0.493 e. The molecule has 3 rings (SSSR count). The Morgan fingerprint density at radius 2 is 1.68 bits per heavy atom. The second kappa shape index (κ2) is 14.6. The molecular weight excluding hydrogens is 634 g/mol. The minimum absolute atomic E-state index is 0.0872. The minimum atomic E-state index is -4.29. The summed E-state index contributed by atoms with van der Waals surface area (Å²) in [6.45, 7) is 3.52. The Hall–Kier alpha value is -3.28. The number of hydrogen-bond acceptors (Lipinski definition) is 6. The van der Waals surface area contributed by atoms with Crippen molar-refractivity contribution in [2.24, 2.45) is 0 Å². The van der Waals surface area contributed by atoms with Gasteiger partial charge in [-0.15, -0.1) is 0 Å². The number of methoxy groups -OCH3 is 2. The fraction of sp³-hybridized carbons (Fsp3) is 0.310. The quantitative estimate of drug-likeness (QED) is 0.267. The van der Waals surface area contributed by atoms with Gasteiger partial charge in [-0.05, 0) is 67.4 Å². The first-order valence-electron chi connectivity index (χ1n) is 12.8. The molecule has 0 saturated carbocycles. The molecule has 0 radical (unpaired) electrons. The molecule has 0 aliphatic rings. The minimum Gasteiger partial charge on any atom is -0.493 e. The van der Waals surface area contributed by atoms with Gasteiger partial charge in [0, 0.05) is 28.7 Å². The summed E-state index contributed by atoms with van der Waals surface area (Å²) in [6.07, 6.45) is 0.728. The van der Waals surface area contributed by atoms with E-state index in [2.05, 4.69) is 21.2 Å². The highest BCUT2D eigenvalue weighted by Gasteiger charge is 2.33. The van der Waals surface area contributed by atoms with Crippen molar-refractivity contribution in [1.82, 2.24) is 10.2 Å². The van der Waals surface area contributed by atoms with E-state index in [9.17, 15) is 18.0 Å². The topological polar surface area (TPSA) is 105 Å². The molecule has 0 fully saturated rings.